The van der Waals surface area contributed by atoms with Gasteiger partial charge in [-0.3, -0.25) is 9.59 Å². The first-order chi connectivity index (χ1) is 9.77. The highest BCUT2D eigenvalue weighted by atomic mass is 16.4. The Kier molecular flexibility index (Phi) is 4.95. The van der Waals surface area contributed by atoms with E-state index in [4.69, 9.17) is 5.11 Å². The van der Waals surface area contributed by atoms with Crippen LogP contribution in [0.4, 0.5) is 0 Å². The molecule has 0 spiro atoms. The Morgan fingerprint density at radius 1 is 1.19 bits per heavy atom. The van der Waals surface area contributed by atoms with Crippen LogP contribution in [0.3, 0.4) is 0 Å². The SMILES string of the molecule is CC1CC(C(=O)N2CCC(CC(=O)O)CC2)CC(C)(C)C1. The van der Waals surface area contributed by atoms with Gasteiger partial charge in [-0.2, -0.15) is 0 Å². The molecule has 2 fully saturated rings. The normalized spacial score (nSPS) is 30.1. The number of hydrogen-bond acceptors (Lipinski definition) is 2. The number of carboxylic acid groups (broad SMARTS) is 1. The van der Waals surface area contributed by atoms with Crippen molar-refractivity contribution >= 4 is 11.9 Å². The molecule has 1 amide bonds. The molecule has 0 radical (unpaired) electrons. The van der Waals surface area contributed by atoms with Gasteiger partial charge in [-0.15, -0.1) is 0 Å². The van der Waals surface area contributed by atoms with E-state index < -0.39 is 5.97 Å². The lowest BCUT2D eigenvalue weighted by Crippen LogP contribution is -2.44. The summed E-state index contributed by atoms with van der Waals surface area (Å²) in [6, 6.07) is 0. The zero-order chi connectivity index (χ0) is 15.6. The molecule has 21 heavy (non-hydrogen) atoms. The number of nitrogens with zero attached hydrogens (tertiary/aromatic N) is 1. The van der Waals surface area contributed by atoms with Gasteiger partial charge in [0.15, 0.2) is 0 Å². The van der Waals surface area contributed by atoms with Crippen molar-refractivity contribution in [3.63, 3.8) is 0 Å². The second kappa shape index (κ2) is 6.37. The summed E-state index contributed by atoms with van der Waals surface area (Å²) in [6.07, 6.45) is 5.13. The quantitative estimate of drug-likeness (QED) is 0.870. The molecule has 2 unspecified atom stereocenters. The topological polar surface area (TPSA) is 57.6 Å². The van der Waals surface area contributed by atoms with Crippen LogP contribution in [0.25, 0.3) is 0 Å². The predicted octanol–water partition coefficient (Wildman–Crippen LogP) is 3.16. The van der Waals surface area contributed by atoms with Crippen molar-refractivity contribution in [2.45, 2.75) is 59.3 Å². The van der Waals surface area contributed by atoms with Crippen LogP contribution in [0.15, 0.2) is 0 Å². The van der Waals surface area contributed by atoms with E-state index in [-0.39, 0.29) is 23.7 Å². The van der Waals surface area contributed by atoms with E-state index in [2.05, 4.69) is 20.8 Å². The third-order valence-electron chi connectivity index (χ3n) is 5.13. The molecule has 2 atom stereocenters. The summed E-state index contributed by atoms with van der Waals surface area (Å²) in [6.45, 7) is 8.26. The molecule has 1 saturated carbocycles. The van der Waals surface area contributed by atoms with Gasteiger partial charge in [0.25, 0.3) is 0 Å². The first-order valence-corrected chi connectivity index (χ1v) is 8.27. The molecule has 4 heteroatoms. The number of amides is 1. The fourth-order valence-electron chi connectivity index (χ4n) is 4.40. The molecule has 2 rings (SSSR count). The summed E-state index contributed by atoms with van der Waals surface area (Å²) < 4.78 is 0. The largest absolute Gasteiger partial charge is 0.481 e. The Bertz CT molecular complexity index is 397. The summed E-state index contributed by atoms with van der Waals surface area (Å²) in [5.74, 6) is 0.617. The standard InChI is InChI=1S/C17H29NO3/c1-12-8-14(11-17(2,3)10-12)16(21)18-6-4-13(5-7-18)9-15(19)20/h12-14H,4-11H2,1-3H3,(H,19,20). The molecular weight excluding hydrogens is 266 g/mol. The van der Waals surface area contributed by atoms with E-state index >= 15 is 0 Å². The second-order valence-electron chi connectivity index (χ2n) is 7.98. The van der Waals surface area contributed by atoms with Crippen LogP contribution in [0.5, 0.6) is 0 Å². The van der Waals surface area contributed by atoms with Crippen LogP contribution in [0.2, 0.25) is 0 Å². The van der Waals surface area contributed by atoms with Gasteiger partial charge in [-0.25, -0.2) is 0 Å². The monoisotopic (exact) mass is 295 g/mol. The second-order valence-corrected chi connectivity index (χ2v) is 7.98. The van der Waals surface area contributed by atoms with Crippen LogP contribution >= 0.6 is 0 Å². The molecule has 0 aromatic rings. The van der Waals surface area contributed by atoms with E-state index in [0.29, 0.717) is 11.8 Å². The number of carboxylic acids is 1. The zero-order valence-electron chi connectivity index (χ0n) is 13.6. The highest BCUT2D eigenvalue weighted by molar-refractivity contribution is 5.79. The third-order valence-corrected chi connectivity index (χ3v) is 5.13. The van der Waals surface area contributed by atoms with Crippen LogP contribution in [-0.4, -0.2) is 35.0 Å². The maximum atomic E-state index is 12.7. The van der Waals surface area contributed by atoms with Crippen LogP contribution in [0.1, 0.15) is 59.3 Å². The molecule has 120 valence electrons. The van der Waals surface area contributed by atoms with Crippen molar-refractivity contribution in [2.75, 3.05) is 13.1 Å². The van der Waals surface area contributed by atoms with Gasteiger partial charge in [0, 0.05) is 25.4 Å². The average molecular weight is 295 g/mol. The third kappa shape index (κ3) is 4.45. The van der Waals surface area contributed by atoms with Gasteiger partial charge in [0.2, 0.25) is 5.91 Å². The van der Waals surface area contributed by atoms with Crippen molar-refractivity contribution in [3.05, 3.63) is 0 Å². The Labute approximate surface area is 127 Å². The maximum absolute atomic E-state index is 12.7. The number of carbonyl (C=O) groups is 2. The van der Waals surface area contributed by atoms with Crippen LogP contribution in [-0.2, 0) is 9.59 Å². The summed E-state index contributed by atoms with van der Waals surface area (Å²) in [5, 5.41) is 8.85. The van der Waals surface area contributed by atoms with Crippen molar-refractivity contribution < 1.29 is 14.7 Å². The van der Waals surface area contributed by atoms with E-state index in [1.807, 2.05) is 4.90 Å². The highest BCUT2D eigenvalue weighted by Gasteiger charge is 2.38. The fourth-order valence-corrected chi connectivity index (χ4v) is 4.40. The lowest BCUT2D eigenvalue weighted by molar-refractivity contribution is -0.141. The Morgan fingerprint density at radius 2 is 1.81 bits per heavy atom. The Hall–Kier alpha value is -1.06. The van der Waals surface area contributed by atoms with Gasteiger partial charge >= 0.3 is 5.97 Å². The minimum atomic E-state index is -0.720. The number of carbonyl (C=O) groups excluding carboxylic acids is 1. The molecule has 2 aliphatic rings. The molecule has 1 aliphatic carbocycles. The summed E-state index contributed by atoms with van der Waals surface area (Å²) >= 11 is 0. The number of aliphatic carboxylic acids is 1. The molecule has 1 saturated heterocycles. The number of hydrogen-bond donors (Lipinski definition) is 1. The first kappa shape index (κ1) is 16.3. The molecular formula is C17H29NO3. The molecule has 0 aromatic heterocycles. The van der Waals surface area contributed by atoms with E-state index in [0.717, 1.165) is 38.8 Å². The van der Waals surface area contributed by atoms with Gasteiger partial charge in [0.05, 0.1) is 0 Å². The fraction of sp³-hybridized carbons (Fsp3) is 0.882. The van der Waals surface area contributed by atoms with Crippen molar-refractivity contribution in [2.24, 2.45) is 23.2 Å². The van der Waals surface area contributed by atoms with Crippen LogP contribution in [0, 0.1) is 23.2 Å². The molecule has 4 nitrogen and oxygen atoms in total. The predicted molar refractivity (Wildman–Crippen MR) is 81.8 cm³/mol. The minimum absolute atomic E-state index is 0.166. The maximum Gasteiger partial charge on any atom is 0.303 e. The lowest BCUT2D eigenvalue weighted by Gasteiger charge is -2.41. The Balaban J connectivity index is 1.88. The average Bonchev–Trinajstić information content (AvgIpc) is 2.35. The molecule has 0 aromatic carbocycles. The van der Waals surface area contributed by atoms with E-state index in [9.17, 15) is 9.59 Å². The molecule has 1 aliphatic heterocycles. The Morgan fingerprint density at radius 3 is 2.33 bits per heavy atom. The lowest BCUT2D eigenvalue weighted by atomic mass is 9.67. The highest BCUT2D eigenvalue weighted by Crippen LogP contribution is 2.42. The molecule has 1 heterocycles. The van der Waals surface area contributed by atoms with Gasteiger partial charge in [0.1, 0.15) is 0 Å². The summed E-state index contributed by atoms with van der Waals surface area (Å²) in [5.41, 5.74) is 0.264. The van der Waals surface area contributed by atoms with Crippen LogP contribution < -0.4 is 0 Å². The van der Waals surface area contributed by atoms with Gasteiger partial charge in [-0.1, -0.05) is 20.8 Å². The molecule has 1 N–H and O–H groups in total. The first-order valence-electron chi connectivity index (χ1n) is 8.27. The summed E-state index contributed by atoms with van der Waals surface area (Å²) in [7, 11) is 0. The molecule has 0 bridgehead atoms. The zero-order valence-corrected chi connectivity index (χ0v) is 13.6. The number of piperidine rings is 1. The van der Waals surface area contributed by atoms with Crippen molar-refractivity contribution in [1.82, 2.24) is 4.90 Å². The van der Waals surface area contributed by atoms with E-state index in [1.54, 1.807) is 0 Å². The summed E-state index contributed by atoms with van der Waals surface area (Å²) in [4.78, 5) is 25.5. The number of likely N-dealkylation sites (tertiary alicyclic amines) is 1. The van der Waals surface area contributed by atoms with Crippen molar-refractivity contribution in [1.29, 1.82) is 0 Å². The van der Waals surface area contributed by atoms with Gasteiger partial charge in [-0.05, 0) is 49.4 Å². The van der Waals surface area contributed by atoms with E-state index in [1.165, 1.54) is 6.42 Å². The van der Waals surface area contributed by atoms with Crippen molar-refractivity contribution in [3.8, 4) is 0 Å². The minimum Gasteiger partial charge on any atom is -0.481 e. The number of rotatable bonds is 3. The van der Waals surface area contributed by atoms with Gasteiger partial charge < -0.3 is 10.0 Å². The smallest absolute Gasteiger partial charge is 0.303 e.